The number of hydrogen-bond donors (Lipinski definition) is 3. The molecular weight excluding hydrogens is 697 g/mol. The normalized spacial score (nSPS) is 17.3. The van der Waals surface area contributed by atoms with E-state index < -0.39 is 12.1 Å². The highest BCUT2D eigenvalue weighted by Gasteiger charge is 2.37. The van der Waals surface area contributed by atoms with Gasteiger partial charge in [0.05, 0.1) is 49.4 Å². The number of pyridine rings is 1. The van der Waals surface area contributed by atoms with Crippen molar-refractivity contribution in [3.8, 4) is 33.9 Å². The van der Waals surface area contributed by atoms with Gasteiger partial charge in [0.1, 0.15) is 17.7 Å². The van der Waals surface area contributed by atoms with E-state index >= 15 is 0 Å². The van der Waals surface area contributed by atoms with Gasteiger partial charge < -0.3 is 29.8 Å². The molecule has 2 fully saturated rings. The Hall–Kier alpha value is -6.70. The molecule has 2 aliphatic heterocycles. The van der Waals surface area contributed by atoms with Crippen LogP contribution in [0.1, 0.15) is 66.6 Å². The van der Waals surface area contributed by atoms with Gasteiger partial charge in [0.25, 0.3) is 5.91 Å². The third-order valence-electron chi connectivity index (χ3n) is 10.3. The summed E-state index contributed by atoms with van der Waals surface area (Å²) in [5.74, 6) is 1.87. The molecule has 14 nitrogen and oxygen atoms in total. The summed E-state index contributed by atoms with van der Waals surface area (Å²) in [5.41, 5.74) is 5.76. The summed E-state index contributed by atoms with van der Waals surface area (Å²) in [7, 11) is 1.28. The molecule has 2 saturated heterocycles. The zero-order valence-electron chi connectivity index (χ0n) is 30.3. The molecular formula is C41H40N10O4. The molecule has 6 heterocycles. The highest BCUT2D eigenvalue weighted by Crippen LogP contribution is 2.35. The van der Waals surface area contributed by atoms with Gasteiger partial charge in [0.15, 0.2) is 5.82 Å². The van der Waals surface area contributed by atoms with Crippen LogP contribution in [-0.2, 0) is 20.7 Å². The molecule has 0 bridgehead atoms. The van der Waals surface area contributed by atoms with E-state index in [4.69, 9.17) is 4.74 Å². The second-order valence-corrected chi connectivity index (χ2v) is 13.7. The van der Waals surface area contributed by atoms with Crippen LogP contribution in [-0.4, -0.2) is 82.8 Å². The largest absolute Gasteiger partial charge is 0.453 e. The summed E-state index contributed by atoms with van der Waals surface area (Å²) < 4.78 is 4.82. The number of nitrogens with one attached hydrogen (secondary N) is 3. The standard InChI is InChI=1S/C41H40N10O4/c1-55-41(54)49-36(28-9-3-2-4-10-28)40(53)51-19-7-12-34(51)39-45-24-31(47-39)27-13-15-29(16-14-27)37-43-22-30(23-44-37)32-25-46-38(48-32)33-11-6-18-50(33)35(52)20-26-8-5-17-42-21-26/h2-5,8-10,13-17,21-25,33-34,36H,6-7,11-12,18-20H2,1H3,(H,45,47)(H,46,48)(H,49,54)/t33-,34-,36-/m1/s1. The summed E-state index contributed by atoms with van der Waals surface area (Å²) in [6.45, 7) is 1.25. The van der Waals surface area contributed by atoms with Crippen LogP contribution in [0.25, 0.3) is 33.9 Å². The first-order valence-electron chi connectivity index (χ1n) is 18.4. The average molecular weight is 737 g/mol. The smallest absolute Gasteiger partial charge is 0.407 e. The number of alkyl carbamates (subject to hydrolysis) is 1. The Bertz CT molecular complexity index is 2260. The number of nitrogens with zero attached hydrogens (tertiary/aromatic N) is 7. The van der Waals surface area contributed by atoms with Gasteiger partial charge in [-0.1, -0.05) is 60.7 Å². The fourth-order valence-corrected chi connectivity index (χ4v) is 7.44. The lowest BCUT2D eigenvalue weighted by molar-refractivity contribution is -0.134. The molecule has 14 heteroatoms. The van der Waals surface area contributed by atoms with Crippen molar-refractivity contribution in [1.82, 2.24) is 50.0 Å². The molecule has 0 radical (unpaired) electrons. The minimum absolute atomic E-state index is 0.0659. The van der Waals surface area contributed by atoms with Crippen molar-refractivity contribution in [3.05, 3.63) is 127 Å². The first kappa shape index (κ1) is 35.3. The molecule has 278 valence electrons. The maximum Gasteiger partial charge on any atom is 0.407 e. The van der Waals surface area contributed by atoms with E-state index in [-0.39, 0.29) is 23.9 Å². The van der Waals surface area contributed by atoms with Gasteiger partial charge in [-0.3, -0.25) is 14.6 Å². The van der Waals surface area contributed by atoms with Crippen molar-refractivity contribution < 1.29 is 19.1 Å². The van der Waals surface area contributed by atoms with Gasteiger partial charge in [0, 0.05) is 49.0 Å². The third kappa shape index (κ3) is 7.56. The number of amides is 3. The minimum Gasteiger partial charge on any atom is -0.453 e. The van der Waals surface area contributed by atoms with E-state index in [0.29, 0.717) is 36.7 Å². The number of methoxy groups -OCH3 is 1. The number of H-pyrrole nitrogens is 2. The van der Waals surface area contributed by atoms with Crippen LogP contribution < -0.4 is 5.32 Å². The molecule has 55 heavy (non-hydrogen) atoms. The Balaban J connectivity index is 0.921. The van der Waals surface area contributed by atoms with Crippen molar-refractivity contribution in [3.63, 3.8) is 0 Å². The quantitative estimate of drug-likeness (QED) is 0.153. The molecule has 0 saturated carbocycles. The van der Waals surface area contributed by atoms with Gasteiger partial charge in [-0.2, -0.15) is 0 Å². The molecule has 2 aromatic carbocycles. The molecule has 4 aromatic heterocycles. The Kier molecular flexibility index (Phi) is 10.1. The zero-order chi connectivity index (χ0) is 37.7. The van der Waals surface area contributed by atoms with Crippen molar-refractivity contribution in [2.45, 2.75) is 50.2 Å². The lowest BCUT2D eigenvalue weighted by Crippen LogP contribution is -2.42. The molecule has 0 aliphatic carbocycles. The summed E-state index contributed by atoms with van der Waals surface area (Å²) in [6, 6.07) is 19.6. The number of ether oxygens (including phenoxy) is 1. The molecule has 0 unspecified atom stereocenters. The number of likely N-dealkylation sites (tertiary alicyclic amines) is 2. The first-order valence-corrected chi connectivity index (χ1v) is 18.4. The van der Waals surface area contributed by atoms with Crippen LogP contribution in [0.4, 0.5) is 4.79 Å². The van der Waals surface area contributed by atoms with Gasteiger partial charge in [-0.15, -0.1) is 0 Å². The number of hydrogen-bond acceptors (Lipinski definition) is 9. The Labute approximate surface area is 317 Å². The molecule has 2 aliphatic rings. The van der Waals surface area contributed by atoms with Crippen LogP contribution in [0.3, 0.4) is 0 Å². The van der Waals surface area contributed by atoms with E-state index in [0.717, 1.165) is 65.1 Å². The van der Waals surface area contributed by atoms with Gasteiger partial charge in [-0.25, -0.2) is 24.7 Å². The number of imidazole rings is 2. The predicted octanol–water partition coefficient (Wildman–Crippen LogP) is 5.99. The van der Waals surface area contributed by atoms with Crippen LogP contribution in [0.2, 0.25) is 0 Å². The number of aromatic nitrogens is 7. The SMILES string of the molecule is COC(=O)N[C@@H](C(=O)N1CCC[C@@H]1c1ncc(-c2ccc(-c3ncc(-c4cnc([C@H]5CCCN5C(=O)Cc5cccnc5)[nH]4)cn3)cc2)[nH]1)c1ccccc1. The fraction of sp³-hybridized carbons (Fsp3) is 0.268. The Morgan fingerprint density at radius 2 is 1.38 bits per heavy atom. The highest BCUT2D eigenvalue weighted by molar-refractivity contribution is 5.87. The maximum absolute atomic E-state index is 13.9. The fourth-order valence-electron chi connectivity index (χ4n) is 7.44. The number of carbonyl (C=O) groups is 3. The number of carbonyl (C=O) groups excluding carboxylic acids is 3. The molecule has 0 spiro atoms. The molecule has 3 atom stereocenters. The van der Waals surface area contributed by atoms with E-state index in [9.17, 15) is 14.4 Å². The summed E-state index contributed by atoms with van der Waals surface area (Å²) in [5, 5.41) is 2.70. The molecule has 3 N–H and O–H groups in total. The highest BCUT2D eigenvalue weighted by atomic mass is 16.5. The average Bonchev–Trinajstić information content (AvgIpc) is 4.08. The number of rotatable bonds is 10. The summed E-state index contributed by atoms with van der Waals surface area (Å²) >= 11 is 0. The summed E-state index contributed by atoms with van der Waals surface area (Å²) in [4.78, 5) is 72.4. The monoisotopic (exact) mass is 736 g/mol. The van der Waals surface area contributed by atoms with Gasteiger partial charge >= 0.3 is 6.09 Å². The Morgan fingerprint density at radius 1 is 0.745 bits per heavy atom. The topological polar surface area (TPSA) is 175 Å². The van der Waals surface area contributed by atoms with E-state index in [1.165, 1.54) is 7.11 Å². The predicted molar refractivity (Wildman–Crippen MR) is 203 cm³/mol. The van der Waals surface area contributed by atoms with Crippen molar-refractivity contribution in [1.29, 1.82) is 0 Å². The molecule has 8 rings (SSSR count). The van der Waals surface area contributed by atoms with Crippen LogP contribution >= 0.6 is 0 Å². The van der Waals surface area contributed by atoms with Crippen molar-refractivity contribution >= 4 is 17.9 Å². The number of aromatic amines is 2. The lowest BCUT2D eigenvalue weighted by Gasteiger charge is -2.28. The third-order valence-corrected chi connectivity index (χ3v) is 10.3. The second kappa shape index (κ2) is 15.7. The van der Waals surface area contributed by atoms with Crippen molar-refractivity contribution in [2.24, 2.45) is 0 Å². The lowest BCUT2D eigenvalue weighted by atomic mass is 10.1. The van der Waals surface area contributed by atoms with E-state index in [2.05, 4.69) is 40.2 Å². The molecule has 6 aromatic rings. The Morgan fingerprint density at radius 3 is 2.04 bits per heavy atom. The van der Waals surface area contributed by atoms with Crippen LogP contribution in [0.15, 0.2) is 104 Å². The van der Waals surface area contributed by atoms with Crippen LogP contribution in [0.5, 0.6) is 0 Å². The van der Waals surface area contributed by atoms with E-state index in [1.807, 2.05) is 71.6 Å². The number of benzene rings is 2. The minimum atomic E-state index is -0.882. The van der Waals surface area contributed by atoms with E-state index in [1.54, 1.807) is 42.1 Å². The zero-order valence-corrected chi connectivity index (χ0v) is 30.3. The molecule has 3 amide bonds. The second-order valence-electron chi connectivity index (χ2n) is 13.7. The van der Waals surface area contributed by atoms with Gasteiger partial charge in [0.2, 0.25) is 5.91 Å². The van der Waals surface area contributed by atoms with Crippen molar-refractivity contribution in [2.75, 3.05) is 20.2 Å². The first-order chi connectivity index (χ1) is 26.9. The summed E-state index contributed by atoms with van der Waals surface area (Å²) in [6.07, 6.45) is 13.5. The van der Waals surface area contributed by atoms with Crippen LogP contribution in [0, 0.1) is 0 Å². The maximum atomic E-state index is 13.9. The van der Waals surface area contributed by atoms with Gasteiger partial charge in [-0.05, 0) is 48.4 Å².